The largest absolute Gasteiger partial charge is 0.510 e. The molecule has 2 saturated heterocycles. The van der Waals surface area contributed by atoms with Crippen molar-refractivity contribution in [2.45, 2.75) is 79.2 Å². The van der Waals surface area contributed by atoms with Crippen LogP contribution in [0.3, 0.4) is 0 Å². The van der Waals surface area contributed by atoms with E-state index >= 15 is 0 Å². The molecule has 3 nitrogen and oxygen atoms in total. The molecule has 0 amide bonds. The van der Waals surface area contributed by atoms with Crippen LogP contribution in [0.4, 0.5) is 0 Å². The van der Waals surface area contributed by atoms with Gasteiger partial charge in [0.25, 0.3) is 0 Å². The van der Waals surface area contributed by atoms with Gasteiger partial charge in [0.1, 0.15) is 0 Å². The van der Waals surface area contributed by atoms with Gasteiger partial charge in [0.2, 0.25) is 0 Å². The number of likely N-dealkylation sites (tertiary alicyclic amines) is 2. The van der Waals surface area contributed by atoms with E-state index in [1.165, 1.54) is 71.2 Å². The van der Waals surface area contributed by atoms with Crippen LogP contribution in [0.25, 0.3) is 0 Å². The van der Waals surface area contributed by atoms with E-state index in [0.717, 1.165) is 13.1 Å². The van der Waals surface area contributed by atoms with Gasteiger partial charge in [-0.1, -0.05) is 27.2 Å². The Balaban J connectivity index is -0.0000000493. The molecule has 0 bridgehead atoms. The first-order chi connectivity index (χ1) is 11.3. The normalized spacial score (nSPS) is 16.0. The summed E-state index contributed by atoms with van der Waals surface area (Å²) in [5.74, 6) is 0. The van der Waals surface area contributed by atoms with Gasteiger partial charge in [-0.15, -0.1) is 0 Å². The molecule has 0 aromatic heterocycles. The SMILES string of the molecule is C.CC(C)(C)N1CCCCC1.CCN1CCCCC1.[CH2-]CN([CH2-])C[CH2-].[CH3-].[Y].[Y].[Y].[Y]. The van der Waals surface area contributed by atoms with Crippen LogP contribution in [0.2, 0.25) is 0 Å². The summed E-state index contributed by atoms with van der Waals surface area (Å²) in [5, 5.41) is 0. The minimum atomic E-state index is 0. The fourth-order valence-electron chi connectivity index (χ4n) is 2.95. The average Bonchev–Trinajstić information content (AvgIpc) is 2.63. The summed E-state index contributed by atoms with van der Waals surface area (Å²) < 4.78 is 0. The molecule has 0 spiro atoms. The first-order valence-corrected chi connectivity index (χ1v) is 9.96. The van der Waals surface area contributed by atoms with Gasteiger partial charge in [-0.3, -0.25) is 11.9 Å². The molecule has 2 fully saturated rings. The third-order valence-electron chi connectivity index (χ3n) is 4.83. The topological polar surface area (TPSA) is 9.72 Å². The van der Waals surface area contributed by atoms with Crippen LogP contribution in [0, 0.1) is 28.3 Å². The van der Waals surface area contributed by atoms with Crippen LogP contribution in [0.5, 0.6) is 0 Å². The Labute approximate surface area is 294 Å². The maximum Gasteiger partial charge on any atom is 0.0125 e. The predicted octanol–water partition coefficient (Wildman–Crippen LogP) is 5.59. The molecule has 0 N–H and O–H groups in total. The third-order valence-corrected chi connectivity index (χ3v) is 4.83. The second-order valence-corrected chi connectivity index (χ2v) is 7.83. The zero-order chi connectivity index (χ0) is 18.4. The molecule has 0 saturated carbocycles. The van der Waals surface area contributed by atoms with E-state index in [-0.39, 0.29) is 146 Å². The molecule has 174 valence electrons. The molecular weight excluding hydrogens is 674 g/mol. The van der Waals surface area contributed by atoms with Crippen molar-refractivity contribution in [3.8, 4) is 0 Å². The molecule has 0 aliphatic carbocycles. The molecule has 0 unspecified atom stereocenters. The Morgan fingerprint density at radius 3 is 1.23 bits per heavy atom. The van der Waals surface area contributed by atoms with E-state index < -0.39 is 0 Å². The second kappa shape index (κ2) is 33.3. The number of piperidine rings is 2. The first-order valence-electron chi connectivity index (χ1n) is 9.96. The fourth-order valence-corrected chi connectivity index (χ4v) is 2.95. The van der Waals surface area contributed by atoms with Crippen molar-refractivity contribution >= 4 is 0 Å². The van der Waals surface area contributed by atoms with Crippen molar-refractivity contribution in [3.05, 3.63) is 28.3 Å². The zero-order valence-corrected chi connectivity index (χ0v) is 31.8. The molecule has 2 aliphatic heterocycles. The van der Waals surface area contributed by atoms with Crippen LogP contribution in [0.1, 0.15) is 73.6 Å². The average molecular weight is 725 g/mol. The predicted molar refractivity (Wildman–Crippen MR) is 122 cm³/mol. The van der Waals surface area contributed by atoms with E-state index in [1.54, 1.807) is 4.90 Å². The number of hydrogen-bond acceptors (Lipinski definition) is 3. The van der Waals surface area contributed by atoms with Gasteiger partial charge >= 0.3 is 0 Å². The first kappa shape index (κ1) is 51.0. The van der Waals surface area contributed by atoms with Gasteiger partial charge in [0, 0.05) is 136 Å². The number of hydrogen-bond donors (Lipinski definition) is 0. The number of nitrogens with zero attached hydrogens (tertiary/aromatic N) is 3. The number of rotatable bonds is 3. The maximum absolute atomic E-state index is 3.58. The molecule has 0 aromatic rings. The Morgan fingerprint density at radius 1 is 0.733 bits per heavy atom. The Bertz CT molecular complexity index is 274. The molecular formula is C23H51N3Y4-4. The summed E-state index contributed by atoms with van der Waals surface area (Å²) in [5.41, 5.74) is 0.403. The van der Waals surface area contributed by atoms with Crippen LogP contribution in [-0.4, -0.2) is 66.1 Å². The minimum Gasteiger partial charge on any atom is -0.510 e. The van der Waals surface area contributed by atoms with E-state index in [1.807, 2.05) is 0 Å². The van der Waals surface area contributed by atoms with Gasteiger partial charge in [-0.2, -0.15) is 13.1 Å². The van der Waals surface area contributed by atoms with Crippen LogP contribution >= 0.6 is 0 Å². The molecule has 0 aromatic carbocycles. The van der Waals surface area contributed by atoms with Crippen LogP contribution in [0.15, 0.2) is 0 Å². The quantitative estimate of drug-likeness (QED) is 0.352. The Hall–Kier alpha value is 4.30. The monoisotopic (exact) mass is 725 g/mol. The van der Waals surface area contributed by atoms with Crippen molar-refractivity contribution in [1.29, 1.82) is 0 Å². The molecule has 7 heteroatoms. The minimum absolute atomic E-state index is 0. The molecule has 2 heterocycles. The van der Waals surface area contributed by atoms with Crippen LogP contribution in [-0.2, 0) is 131 Å². The van der Waals surface area contributed by atoms with Crippen molar-refractivity contribution in [1.82, 2.24) is 14.7 Å². The summed E-state index contributed by atoms with van der Waals surface area (Å²) in [4.78, 5) is 6.88. The van der Waals surface area contributed by atoms with E-state index in [4.69, 9.17) is 0 Å². The van der Waals surface area contributed by atoms with Gasteiger partial charge in [-0.05, 0) is 79.2 Å². The van der Waals surface area contributed by atoms with Gasteiger partial charge in [-0.25, -0.2) is 0 Å². The van der Waals surface area contributed by atoms with E-state index in [9.17, 15) is 0 Å². The van der Waals surface area contributed by atoms with Crippen molar-refractivity contribution < 1.29 is 131 Å². The third kappa shape index (κ3) is 30.3. The fraction of sp³-hybridized carbons (Fsp3) is 0.826. The Kier molecular flexibility index (Phi) is 56.6. The standard InChI is InChI=1S/C9H19N.C7H15N.C5H10N.CH4.CH3.4Y/c1-9(2,3)10-7-5-4-6-8-10;1-2-8-6-4-3-5-7-8;1-4-6(3)5-2;;;;;;/h4-8H2,1-3H3;2-7H2,1H3;1-5H2;1H4;1H3;;;;/q;;-3;;-1;;;;. The molecule has 2 aliphatic rings. The summed E-state index contributed by atoms with van der Waals surface area (Å²) >= 11 is 0. The van der Waals surface area contributed by atoms with Crippen LogP contribution < -0.4 is 0 Å². The smallest absolute Gasteiger partial charge is 0.0125 e. The van der Waals surface area contributed by atoms with E-state index in [0.29, 0.717) is 5.54 Å². The maximum atomic E-state index is 3.58. The zero-order valence-electron chi connectivity index (χ0n) is 20.5. The van der Waals surface area contributed by atoms with Gasteiger partial charge < -0.3 is 31.1 Å². The summed E-state index contributed by atoms with van der Waals surface area (Å²) in [7, 11) is 3.58. The van der Waals surface area contributed by atoms with Crippen molar-refractivity contribution in [2.75, 3.05) is 45.8 Å². The van der Waals surface area contributed by atoms with Crippen molar-refractivity contribution in [2.24, 2.45) is 0 Å². The molecule has 30 heavy (non-hydrogen) atoms. The van der Waals surface area contributed by atoms with Crippen molar-refractivity contribution in [3.63, 3.8) is 0 Å². The molecule has 0 atom stereocenters. The summed E-state index contributed by atoms with van der Waals surface area (Å²) in [6, 6.07) is 0. The summed E-state index contributed by atoms with van der Waals surface area (Å²) in [6.07, 6.45) is 8.54. The second-order valence-electron chi connectivity index (χ2n) is 7.83. The Morgan fingerprint density at radius 2 is 1.07 bits per heavy atom. The molecule has 4 radical (unpaired) electrons. The van der Waals surface area contributed by atoms with Gasteiger partial charge in [0.05, 0.1) is 0 Å². The summed E-state index contributed by atoms with van der Waals surface area (Å²) in [6.45, 7) is 24.3. The van der Waals surface area contributed by atoms with E-state index in [2.05, 4.69) is 58.4 Å². The van der Waals surface area contributed by atoms with Gasteiger partial charge in [0.15, 0.2) is 0 Å². The molecule has 2 rings (SSSR count).